The minimum atomic E-state index is -0.604. The molecule has 0 bridgehead atoms. The van der Waals surface area contributed by atoms with Gasteiger partial charge in [0.2, 0.25) is 0 Å². The zero-order valence-electron chi connectivity index (χ0n) is 16.1. The molecule has 7 nitrogen and oxygen atoms in total. The molecule has 0 saturated heterocycles. The molecule has 0 radical (unpaired) electrons. The van der Waals surface area contributed by atoms with Crippen molar-refractivity contribution in [2.75, 3.05) is 25.6 Å². The van der Waals surface area contributed by atoms with Crippen molar-refractivity contribution in [2.45, 2.75) is 20.3 Å². The molecule has 0 aliphatic heterocycles. The van der Waals surface area contributed by atoms with Crippen LogP contribution >= 0.6 is 0 Å². The number of methoxy groups -OCH3 is 1. The number of para-hydroxylation sites is 2. The molecule has 1 amide bonds. The molecule has 1 N–H and O–H groups in total. The monoisotopic (exact) mass is 385 g/mol. The average Bonchev–Trinajstić information content (AvgIpc) is 2.68. The lowest BCUT2D eigenvalue weighted by Crippen LogP contribution is -2.22. The molecular weight excluding hydrogens is 362 g/mol. The molecular formula is C21H23NO6. The number of rotatable bonds is 9. The SMILES string of the molecule is CCOc1ccccc1NC(=O)COC(=O)Cc1cc(C(C)=O)ccc1OC. The molecule has 0 spiro atoms. The molecule has 0 atom stereocenters. The molecule has 2 aromatic rings. The highest BCUT2D eigenvalue weighted by Crippen LogP contribution is 2.24. The van der Waals surface area contributed by atoms with E-state index in [1.54, 1.807) is 42.5 Å². The summed E-state index contributed by atoms with van der Waals surface area (Å²) in [6.07, 6.45) is -0.118. The van der Waals surface area contributed by atoms with Gasteiger partial charge in [-0.15, -0.1) is 0 Å². The number of hydrogen-bond donors (Lipinski definition) is 1. The van der Waals surface area contributed by atoms with E-state index in [1.165, 1.54) is 14.0 Å². The summed E-state index contributed by atoms with van der Waals surface area (Å²) in [4.78, 5) is 35.7. The van der Waals surface area contributed by atoms with E-state index < -0.39 is 18.5 Å². The lowest BCUT2D eigenvalue weighted by Gasteiger charge is -2.12. The Morgan fingerprint density at radius 3 is 2.46 bits per heavy atom. The minimum absolute atomic E-state index is 0.118. The van der Waals surface area contributed by atoms with Crippen molar-refractivity contribution in [1.29, 1.82) is 0 Å². The first-order chi connectivity index (χ1) is 13.4. The smallest absolute Gasteiger partial charge is 0.310 e. The van der Waals surface area contributed by atoms with E-state index >= 15 is 0 Å². The van der Waals surface area contributed by atoms with Crippen molar-refractivity contribution in [3.8, 4) is 11.5 Å². The topological polar surface area (TPSA) is 90.9 Å². The lowest BCUT2D eigenvalue weighted by atomic mass is 10.0. The molecule has 2 rings (SSSR count). The average molecular weight is 385 g/mol. The van der Waals surface area contributed by atoms with E-state index in [4.69, 9.17) is 14.2 Å². The van der Waals surface area contributed by atoms with Crippen molar-refractivity contribution >= 4 is 23.3 Å². The Morgan fingerprint density at radius 1 is 1.04 bits per heavy atom. The number of ketones is 1. The number of esters is 1. The van der Waals surface area contributed by atoms with E-state index in [1.807, 2.05) is 6.92 Å². The fraction of sp³-hybridized carbons (Fsp3) is 0.286. The molecule has 0 aromatic heterocycles. The number of benzene rings is 2. The van der Waals surface area contributed by atoms with Crippen LogP contribution in [0.15, 0.2) is 42.5 Å². The van der Waals surface area contributed by atoms with Gasteiger partial charge in [-0.05, 0) is 44.2 Å². The summed E-state index contributed by atoms with van der Waals surface area (Å²) in [5.74, 6) is -0.200. The van der Waals surface area contributed by atoms with Crippen molar-refractivity contribution in [3.05, 3.63) is 53.6 Å². The zero-order valence-corrected chi connectivity index (χ0v) is 16.1. The minimum Gasteiger partial charge on any atom is -0.496 e. The van der Waals surface area contributed by atoms with E-state index in [9.17, 15) is 14.4 Å². The van der Waals surface area contributed by atoms with E-state index in [0.717, 1.165) is 0 Å². The zero-order chi connectivity index (χ0) is 20.5. The standard InChI is InChI=1S/C21H23NO6/c1-4-27-19-8-6-5-7-17(19)22-20(24)13-28-21(25)12-16-11-15(14(2)23)9-10-18(16)26-3/h5-11H,4,12-13H2,1-3H3,(H,22,24). The predicted octanol–water partition coefficient (Wildman–Crippen LogP) is 3.02. The number of hydrogen-bond acceptors (Lipinski definition) is 6. The summed E-state index contributed by atoms with van der Waals surface area (Å²) in [5.41, 5.74) is 1.48. The van der Waals surface area contributed by atoms with Crippen molar-refractivity contribution in [3.63, 3.8) is 0 Å². The van der Waals surface area contributed by atoms with Gasteiger partial charge < -0.3 is 19.5 Å². The van der Waals surface area contributed by atoms with Gasteiger partial charge in [0.15, 0.2) is 12.4 Å². The van der Waals surface area contributed by atoms with Crippen LogP contribution in [0.4, 0.5) is 5.69 Å². The van der Waals surface area contributed by atoms with Gasteiger partial charge in [0.25, 0.3) is 5.91 Å². The van der Waals surface area contributed by atoms with Gasteiger partial charge in [-0.3, -0.25) is 14.4 Å². The number of anilines is 1. The fourth-order valence-electron chi connectivity index (χ4n) is 2.53. The van der Waals surface area contributed by atoms with Gasteiger partial charge in [-0.25, -0.2) is 0 Å². The number of Topliss-reactive ketones (excluding diaryl/α,β-unsaturated/α-hetero) is 1. The van der Waals surface area contributed by atoms with Crippen molar-refractivity contribution in [1.82, 2.24) is 0 Å². The third-order valence-electron chi connectivity index (χ3n) is 3.85. The number of nitrogens with one attached hydrogen (secondary N) is 1. The summed E-state index contributed by atoms with van der Waals surface area (Å²) in [7, 11) is 1.47. The largest absolute Gasteiger partial charge is 0.496 e. The first kappa shape index (κ1) is 21.0. The second kappa shape index (κ2) is 10.1. The fourth-order valence-corrected chi connectivity index (χ4v) is 2.53. The maximum absolute atomic E-state index is 12.1. The third kappa shape index (κ3) is 5.84. The Labute approximate surface area is 163 Å². The molecule has 0 heterocycles. The predicted molar refractivity (Wildman–Crippen MR) is 104 cm³/mol. The highest BCUT2D eigenvalue weighted by Gasteiger charge is 2.14. The molecule has 7 heteroatoms. The van der Waals surface area contributed by atoms with Gasteiger partial charge in [-0.1, -0.05) is 12.1 Å². The summed E-state index contributed by atoms with van der Waals surface area (Å²) >= 11 is 0. The van der Waals surface area contributed by atoms with Crippen LogP contribution in [0.3, 0.4) is 0 Å². The van der Waals surface area contributed by atoms with Crippen molar-refractivity contribution in [2.24, 2.45) is 0 Å². The molecule has 2 aromatic carbocycles. The quantitative estimate of drug-likeness (QED) is 0.527. The summed E-state index contributed by atoms with van der Waals surface area (Å²) in [5, 5.41) is 2.65. The Balaban J connectivity index is 1.95. The van der Waals surface area contributed by atoms with Gasteiger partial charge in [0.1, 0.15) is 11.5 Å². The Hall–Kier alpha value is -3.35. The van der Waals surface area contributed by atoms with Gasteiger partial charge in [0.05, 0.1) is 25.8 Å². The van der Waals surface area contributed by atoms with Crippen LogP contribution in [-0.4, -0.2) is 38.0 Å². The van der Waals surface area contributed by atoms with Crippen LogP contribution in [0.5, 0.6) is 11.5 Å². The molecule has 0 saturated carbocycles. The maximum Gasteiger partial charge on any atom is 0.310 e. The summed E-state index contributed by atoms with van der Waals surface area (Å²) in [6.45, 7) is 3.31. The van der Waals surface area contributed by atoms with Crippen LogP contribution in [-0.2, 0) is 20.7 Å². The van der Waals surface area contributed by atoms with E-state index in [0.29, 0.717) is 34.9 Å². The van der Waals surface area contributed by atoms with Crippen LogP contribution in [0, 0.1) is 0 Å². The highest BCUT2D eigenvalue weighted by molar-refractivity contribution is 5.95. The summed E-state index contributed by atoms with van der Waals surface area (Å²) < 4.78 is 15.7. The molecule has 28 heavy (non-hydrogen) atoms. The number of carbonyl (C=O) groups excluding carboxylic acids is 3. The molecule has 0 unspecified atom stereocenters. The lowest BCUT2D eigenvalue weighted by molar-refractivity contribution is -0.146. The third-order valence-corrected chi connectivity index (χ3v) is 3.85. The van der Waals surface area contributed by atoms with E-state index in [-0.39, 0.29) is 12.2 Å². The van der Waals surface area contributed by atoms with Gasteiger partial charge in [0, 0.05) is 11.1 Å². The first-order valence-corrected chi connectivity index (χ1v) is 8.79. The van der Waals surface area contributed by atoms with Gasteiger partial charge >= 0.3 is 5.97 Å². The number of ether oxygens (including phenoxy) is 3. The molecule has 0 aliphatic carbocycles. The highest BCUT2D eigenvalue weighted by atomic mass is 16.5. The van der Waals surface area contributed by atoms with Crippen LogP contribution in [0.2, 0.25) is 0 Å². The van der Waals surface area contributed by atoms with E-state index in [2.05, 4.69) is 5.32 Å². The Morgan fingerprint density at radius 2 is 1.79 bits per heavy atom. The van der Waals surface area contributed by atoms with Crippen LogP contribution in [0.25, 0.3) is 0 Å². The first-order valence-electron chi connectivity index (χ1n) is 8.79. The molecule has 0 fully saturated rings. The molecule has 0 aliphatic rings. The molecule has 148 valence electrons. The normalized spacial score (nSPS) is 10.1. The van der Waals surface area contributed by atoms with Gasteiger partial charge in [-0.2, -0.15) is 0 Å². The Bertz CT molecular complexity index is 862. The number of carbonyl (C=O) groups is 3. The summed E-state index contributed by atoms with van der Waals surface area (Å²) in [6, 6.07) is 11.8. The number of amides is 1. The van der Waals surface area contributed by atoms with Crippen LogP contribution < -0.4 is 14.8 Å². The maximum atomic E-state index is 12.1. The second-order valence-corrected chi connectivity index (χ2v) is 5.90. The second-order valence-electron chi connectivity index (χ2n) is 5.90. The Kier molecular flexibility index (Phi) is 7.56. The van der Waals surface area contributed by atoms with Crippen molar-refractivity contribution < 1.29 is 28.6 Å². The van der Waals surface area contributed by atoms with Crippen LogP contribution in [0.1, 0.15) is 29.8 Å².